The molecule has 3 rings (SSSR count). The molecule has 0 radical (unpaired) electrons. The van der Waals surface area contributed by atoms with Crippen molar-refractivity contribution in [1.82, 2.24) is 5.32 Å². The van der Waals surface area contributed by atoms with E-state index >= 15 is 0 Å². The third-order valence-electron chi connectivity index (χ3n) is 4.34. The minimum Gasteiger partial charge on any atom is -0.461 e. The van der Waals surface area contributed by atoms with Crippen LogP contribution in [0.4, 0.5) is 4.79 Å². The van der Waals surface area contributed by atoms with E-state index in [1.807, 2.05) is 0 Å². The number of nitrogens with one attached hydrogen (secondary N) is 1. The second kappa shape index (κ2) is 8.07. The first kappa shape index (κ1) is 19.3. The number of aliphatic hydroxyl groups is 4. The first-order valence-corrected chi connectivity index (χ1v) is 8.34. The zero-order valence-corrected chi connectivity index (χ0v) is 14.5. The van der Waals surface area contributed by atoms with Crippen LogP contribution in [-0.4, -0.2) is 70.9 Å². The number of carbonyl (C=O) groups is 1. The molecular weight excluding hydrogens is 358 g/mol. The van der Waals surface area contributed by atoms with E-state index in [1.165, 1.54) is 7.05 Å². The van der Waals surface area contributed by atoms with E-state index in [9.17, 15) is 25.2 Å². The molecule has 5 atom stereocenters. The predicted octanol–water partition coefficient (Wildman–Crippen LogP) is -0.263. The van der Waals surface area contributed by atoms with Gasteiger partial charge in [0.15, 0.2) is 0 Å². The van der Waals surface area contributed by atoms with E-state index in [2.05, 4.69) is 5.32 Å². The van der Waals surface area contributed by atoms with E-state index in [4.69, 9.17) is 14.2 Å². The average molecular weight is 379 g/mol. The molecule has 5 N–H and O–H groups in total. The summed E-state index contributed by atoms with van der Waals surface area (Å²) in [5.41, 5.74) is 0. The number of rotatable bonds is 4. The minimum atomic E-state index is -1.54. The highest BCUT2D eigenvalue weighted by Crippen LogP contribution is 2.34. The molecule has 0 spiro atoms. The van der Waals surface area contributed by atoms with Crippen LogP contribution >= 0.6 is 0 Å². The van der Waals surface area contributed by atoms with Crippen molar-refractivity contribution >= 4 is 16.9 Å². The van der Waals surface area contributed by atoms with Gasteiger partial charge < -0.3 is 40.0 Å². The fraction of sp³-hybridized carbons (Fsp3) is 0.389. The van der Waals surface area contributed by atoms with Crippen molar-refractivity contribution in [2.75, 3.05) is 13.7 Å². The van der Waals surface area contributed by atoms with E-state index in [0.717, 1.165) is 0 Å². The topological polar surface area (TPSA) is 138 Å². The Hall–Kier alpha value is -2.43. The number of benzene rings is 2. The Bertz CT molecular complexity index is 811. The molecule has 1 saturated heterocycles. The van der Waals surface area contributed by atoms with Gasteiger partial charge in [-0.15, -0.1) is 0 Å². The molecule has 1 fully saturated rings. The molecule has 1 amide bonds. The molecule has 1 aliphatic heterocycles. The number of fused-ring (bicyclic) bond motifs is 1. The number of amides is 1. The first-order valence-electron chi connectivity index (χ1n) is 8.34. The average Bonchev–Trinajstić information content (AvgIpc) is 2.68. The lowest BCUT2D eigenvalue weighted by Crippen LogP contribution is -2.60. The lowest BCUT2D eigenvalue weighted by Gasteiger charge is -2.39. The normalized spacial score (nSPS) is 28.0. The molecule has 0 aromatic heterocycles. The van der Waals surface area contributed by atoms with Gasteiger partial charge in [0, 0.05) is 17.8 Å². The highest BCUT2D eigenvalue weighted by atomic mass is 16.7. The quantitative estimate of drug-likeness (QED) is 0.490. The standard InChI is InChI=1S/C18H21NO8/c1-19-18(24)27-12-7-3-4-9-10(12)5-2-6-11(9)25-17-16(23)15(22)14(21)13(8-20)26-17/h2-7,13-17,20-23H,8H2,1H3,(H,19,24)/t13-,14-,15+,16-,17-/m1/s1. The van der Waals surface area contributed by atoms with Crippen molar-refractivity contribution in [3.63, 3.8) is 0 Å². The van der Waals surface area contributed by atoms with Crippen LogP contribution in [0.5, 0.6) is 11.5 Å². The lowest BCUT2D eigenvalue weighted by atomic mass is 9.99. The fourth-order valence-electron chi connectivity index (χ4n) is 2.88. The van der Waals surface area contributed by atoms with Crippen molar-refractivity contribution in [2.24, 2.45) is 0 Å². The molecule has 9 nitrogen and oxygen atoms in total. The van der Waals surface area contributed by atoms with Gasteiger partial charge in [-0.05, 0) is 12.1 Å². The zero-order chi connectivity index (χ0) is 19.6. The molecular formula is C18H21NO8. The van der Waals surface area contributed by atoms with Crippen molar-refractivity contribution in [2.45, 2.75) is 30.7 Å². The molecule has 0 bridgehead atoms. The van der Waals surface area contributed by atoms with Gasteiger partial charge in [0.2, 0.25) is 6.29 Å². The second-order valence-corrected chi connectivity index (χ2v) is 6.06. The molecule has 1 aliphatic rings. The van der Waals surface area contributed by atoms with Crippen molar-refractivity contribution < 1.29 is 39.4 Å². The summed E-state index contributed by atoms with van der Waals surface area (Å²) < 4.78 is 16.3. The van der Waals surface area contributed by atoms with Crippen LogP contribution in [0.3, 0.4) is 0 Å². The van der Waals surface area contributed by atoms with Gasteiger partial charge in [-0.3, -0.25) is 0 Å². The Kier molecular flexibility index (Phi) is 5.78. The summed E-state index contributed by atoms with van der Waals surface area (Å²) in [4.78, 5) is 11.5. The Balaban J connectivity index is 1.91. The Morgan fingerprint density at radius 1 is 1.04 bits per heavy atom. The molecule has 0 unspecified atom stereocenters. The van der Waals surface area contributed by atoms with Gasteiger partial charge >= 0.3 is 6.09 Å². The maximum atomic E-state index is 11.5. The highest BCUT2D eigenvalue weighted by molar-refractivity contribution is 5.94. The third-order valence-corrected chi connectivity index (χ3v) is 4.34. The summed E-state index contributed by atoms with van der Waals surface area (Å²) >= 11 is 0. The van der Waals surface area contributed by atoms with Crippen LogP contribution in [-0.2, 0) is 4.74 Å². The van der Waals surface area contributed by atoms with Crippen molar-refractivity contribution in [1.29, 1.82) is 0 Å². The number of hydrogen-bond donors (Lipinski definition) is 5. The van der Waals surface area contributed by atoms with E-state index in [0.29, 0.717) is 22.3 Å². The molecule has 9 heteroatoms. The number of hydrogen-bond acceptors (Lipinski definition) is 8. The van der Waals surface area contributed by atoms with Gasteiger partial charge in [-0.1, -0.05) is 24.3 Å². The summed E-state index contributed by atoms with van der Waals surface area (Å²) in [5.74, 6) is 0.616. The maximum Gasteiger partial charge on any atom is 0.412 e. The predicted molar refractivity (Wildman–Crippen MR) is 93.4 cm³/mol. The Morgan fingerprint density at radius 2 is 1.67 bits per heavy atom. The first-order chi connectivity index (χ1) is 13.0. The summed E-state index contributed by atoms with van der Waals surface area (Å²) in [7, 11) is 1.45. The van der Waals surface area contributed by atoms with Crippen LogP contribution in [0.25, 0.3) is 10.8 Å². The zero-order valence-electron chi connectivity index (χ0n) is 14.5. The van der Waals surface area contributed by atoms with Crippen molar-refractivity contribution in [3.05, 3.63) is 36.4 Å². The SMILES string of the molecule is CNC(=O)Oc1cccc2c(O[C@@H]3O[C@H](CO)[C@@H](O)[C@H](O)[C@H]3O)cccc12. The van der Waals surface area contributed by atoms with Crippen LogP contribution in [0.2, 0.25) is 0 Å². The third kappa shape index (κ3) is 3.82. The number of aliphatic hydroxyl groups excluding tert-OH is 4. The Morgan fingerprint density at radius 3 is 2.30 bits per heavy atom. The number of ether oxygens (including phenoxy) is 3. The number of carbonyl (C=O) groups excluding carboxylic acids is 1. The molecule has 0 saturated carbocycles. The highest BCUT2D eigenvalue weighted by Gasteiger charge is 2.44. The lowest BCUT2D eigenvalue weighted by molar-refractivity contribution is -0.277. The molecule has 146 valence electrons. The monoisotopic (exact) mass is 379 g/mol. The van der Waals surface area contributed by atoms with Gasteiger partial charge in [0.1, 0.15) is 35.9 Å². The van der Waals surface area contributed by atoms with Crippen LogP contribution in [0, 0.1) is 0 Å². The van der Waals surface area contributed by atoms with Crippen molar-refractivity contribution in [3.8, 4) is 11.5 Å². The molecule has 1 heterocycles. The fourth-order valence-corrected chi connectivity index (χ4v) is 2.88. The van der Waals surface area contributed by atoms with Gasteiger partial charge in [0.05, 0.1) is 6.61 Å². The maximum absolute atomic E-state index is 11.5. The molecule has 2 aromatic carbocycles. The van der Waals surface area contributed by atoms with E-state index in [1.54, 1.807) is 36.4 Å². The Labute approximate surface area is 154 Å². The second-order valence-electron chi connectivity index (χ2n) is 6.06. The summed E-state index contributed by atoms with van der Waals surface area (Å²) in [6.45, 7) is -0.551. The van der Waals surface area contributed by atoms with Crippen LogP contribution in [0.1, 0.15) is 0 Å². The minimum absolute atomic E-state index is 0.305. The van der Waals surface area contributed by atoms with Gasteiger partial charge in [0.25, 0.3) is 0 Å². The molecule has 27 heavy (non-hydrogen) atoms. The van der Waals surface area contributed by atoms with Crippen LogP contribution in [0.15, 0.2) is 36.4 Å². The van der Waals surface area contributed by atoms with Gasteiger partial charge in [-0.2, -0.15) is 0 Å². The molecule has 0 aliphatic carbocycles. The smallest absolute Gasteiger partial charge is 0.412 e. The van der Waals surface area contributed by atoms with Crippen LogP contribution < -0.4 is 14.8 Å². The summed E-state index contributed by atoms with van der Waals surface area (Å²) in [6.07, 6.45) is -7.54. The van der Waals surface area contributed by atoms with E-state index < -0.39 is 43.4 Å². The van der Waals surface area contributed by atoms with E-state index in [-0.39, 0.29) is 0 Å². The van der Waals surface area contributed by atoms with Gasteiger partial charge in [-0.25, -0.2) is 4.79 Å². The molecule has 2 aromatic rings. The summed E-state index contributed by atoms with van der Waals surface area (Å²) in [6, 6.07) is 10.0. The largest absolute Gasteiger partial charge is 0.461 e. The summed E-state index contributed by atoms with van der Waals surface area (Å²) in [5, 5.41) is 42.7.